The summed E-state index contributed by atoms with van der Waals surface area (Å²) in [7, 11) is 0. The van der Waals surface area contributed by atoms with Gasteiger partial charge < -0.3 is 5.32 Å². The molecule has 0 aromatic heterocycles. The van der Waals surface area contributed by atoms with Crippen molar-refractivity contribution >= 4 is 55.1 Å². The maximum absolute atomic E-state index is 12.2. The van der Waals surface area contributed by atoms with Gasteiger partial charge in [-0.05, 0) is 42.8 Å². The Morgan fingerprint density at radius 3 is 2.47 bits per heavy atom. The molecule has 2 nitrogen and oxygen atoms in total. The standard InChI is InChI=1S/C14H10Br2ClNO/c1-8-2-3-9(15)6-11(8)14(19)18-13-7-10(16)4-5-12(13)17/h2-7H,1H3,(H,18,19). The zero-order valence-corrected chi connectivity index (χ0v) is 13.9. The van der Waals surface area contributed by atoms with E-state index in [9.17, 15) is 4.79 Å². The maximum atomic E-state index is 12.2. The van der Waals surface area contributed by atoms with Gasteiger partial charge in [0.25, 0.3) is 5.91 Å². The van der Waals surface area contributed by atoms with Gasteiger partial charge in [0, 0.05) is 14.5 Å². The van der Waals surface area contributed by atoms with Gasteiger partial charge in [-0.2, -0.15) is 0 Å². The second-order valence-corrected chi connectivity index (χ2v) is 6.28. The van der Waals surface area contributed by atoms with Crippen molar-refractivity contribution in [3.8, 4) is 0 Å². The highest BCUT2D eigenvalue weighted by Crippen LogP contribution is 2.26. The summed E-state index contributed by atoms with van der Waals surface area (Å²) in [5, 5.41) is 3.32. The first-order chi connectivity index (χ1) is 8.97. The van der Waals surface area contributed by atoms with Crippen molar-refractivity contribution in [2.24, 2.45) is 0 Å². The van der Waals surface area contributed by atoms with E-state index >= 15 is 0 Å². The first-order valence-electron chi connectivity index (χ1n) is 5.50. The van der Waals surface area contributed by atoms with Gasteiger partial charge in [-0.25, -0.2) is 0 Å². The Bertz CT molecular complexity index is 643. The van der Waals surface area contributed by atoms with Crippen LogP contribution < -0.4 is 5.32 Å². The van der Waals surface area contributed by atoms with Crippen LogP contribution in [-0.2, 0) is 0 Å². The van der Waals surface area contributed by atoms with Crippen molar-refractivity contribution < 1.29 is 4.79 Å². The monoisotopic (exact) mass is 401 g/mol. The Morgan fingerprint density at radius 2 is 1.74 bits per heavy atom. The van der Waals surface area contributed by atoms with Gasteiger partial charge in [0.15, 0.2) is 0 Å². The Morgan fingerprint density at radius 1 is 1.11 bits per heavy atom. The van der Waals surface area contributed by atoms with E-state index in [-0.39, 0.29) is 5.91 Å². The van der Waals surface area contributed by atoms with Gasteiger partial charge in [0.05, 0.1) is 10.7 Å². The van der Waals surface area contributed by atoms with E-state index in [1.807, 2.05) is 25.1 Å². The normalized spacial score (nSPS) is 10.3. The van der Waals surface area contributed by atoms with Crippen molar-refractivity contribution in [2.45, 2.75) is 6.92 Å². The quantitative estimate of drug-likeness (QED) is 0.712. The molecule has 2 rings (SSSR count). The van der Waals surface area contributed by atoms with E-state index in [0.29, 0.717) is 16.3 Å². The van der Waals surface area contributed by atoms with Crippen LogP contribution in [0, 0.1) is 6.92 Å². The Labute approximate surface area is 133 Å². The molecule has 0 aliphatic rings. The van der Waals surface area contributed by atoms with E-state index in [1.165, 1.54) is 0 Å². The van der Waals surface area contributed by atoms with Crippen LogP contribution in [0.25, 0.3) is 0 Å². The van der Waals surface area contributed by atoms with Gasteiger partial charge >= 0.3 is 0 Å². The minimum absolute atomic E-state index is 0.182. The first kappa shape index (κ1) is 14.6. The molecule has 0 fully saturated rings. The average Bonchev–Trinajstić information content (AvgIpc) is 2.36. The summed E-state index contributed by atoms with van der Waals surface area (Å²) in [6, 6.07) is 10.9. The number of carbonyl (C=O) groups is 1. The third kappa shape index (κ3) is 3.59. The zero-order valence-electron chi connectivity index (χ0n) is 10.0. The fourth-order valence-electron chi connectivity index (χ4n) is 1.62. The van der Waals surface area contributed by atoms with E-state index in [1.54, 1.807) is 18.2 Å². The van der Waals surface area contributed by atoms with Crippen molar-refractivity contribution in [3.63, 3.8) is 0 Å². The van der Waals surface area contributed by atoms with Crippen molar-refractivity contribution in [1.29, 1.82) is 0 Å². The van der Waals surface area contributed by atoms with Crippen LogP contribution >= 0.6 is 43.5 Å². The Balaban J connectivity index is 2.30. The summed E-state index contributed by atoms with van der Waals surface area (Å²) in [4.78, 5) is 12.2. The Kier molecular flexibility index (Phi) is 4.66. The lowest BCUT2D eigenvalue weighted by Crippen LogP contribution is -2.13. The van der Waals surface area contributed by atoms with Gasteiger partial charge in [0.1, 0.15) is 0 Å². The molecule has 0 aliphatic heterocycles. The number of aryl methyl sites for hydroxylation is 1. The molecule has 1 amide bonds. The second-order valence-electron chi connectivity index (χ2n) is 4.04. The molecule has 0 saturated carbocycles. The van der Waals surface area contributed by atoms with Crippen LogP contribution in [0.1, 0.15) is 15.9 Å². The first-order valence-corrected chi connectivity index (χ1v) is 7.46. The molecule has 0 atom stereocenters. The van der Waals surface area contributed by atoms with Crippen LogP contribution in [0.15, 0.2) is 45.3 Å². The number of halogens is 3. The topological polar surface area (TPSA) is 29.1 Å². The minimum atomic E-state index is -0.182. The second kappa shape index (κ2) is 6.07. The summed E-state index contributed by atoms with van der Waals surface area (Å²) in [6.07, 6.45) is 0. The summed E-state index contributed by atoms with van der Waals surface area (Å²) in [6.45, 7) is 1.89. The number of amides is 1. The Hall–Kier alpha value is -0.840. The highest BCUT2D eigenvalue weighted by atomic mass is 79.9. The molecular weight excluding hydrogens is 393 g/mol. The average molecular weight is 404 g/mol. The molecule has 2 aromatic rings. The third-order valence-electron chi connectivity index (χ3n) is 2.62. The van der Waals surface area contributed by atoms with Crippen LogP contribution in [0.3, 0.4) is 0 Å². The molecule has 0 bridgehead atoms. The molecule has 5 heteroatoms. The van der Waals surface area contributed by atoms with E-state index in [0.717, 1.165) is 14.5 Å². The van der Waals surface area contributed by atoms with Crippen molar-refractivity contribution in [1.82, 2.24) is 0 Å². The largest absolute Gasteiger partial charge is 0.321 e. The highest BCUT2D eigenvalue weighted by Gasteiger charge is 2.11. The van der Waals surface area contributed by atoms with Gasteiger partial charge in [-0.1, -0.05) is 49.5 Å². The molecule has 1 N–H and O–H groups in total. The fourth-order valence-corrected chi connectivity index (χ4v) is 2.51. The fraction of sp³-hybridized carbons (Fsp3) is 0.0714. The number of hydrogen-bond donors (Lipinski definition) is 1. The van der Waals surface area contributed by atoms with Gasteiger partial charge in [0.2, 0.25) is 0 Å². The number of benzene rings is 2. The molecule has 0 heterocycles. The van der Waals surface area contributed by atoms with Crippen LogP contribution in [0.2, 0.25) is 5.02 Å². The van der Waals surface area contributed by atoms with E-state index in [4.69, 9.17) is 11.6 Å². The summed E-state index contributed by atoms with van der Waals surface area (Å²) >= 11 is 12.8. The van der Waals surface area contributed by atoms with Crippen molar-refractivity contribution in [2.75, 3.05) is 5.32 Å². The number of rotatable bonds is 2. The molecule has 2 aromatic carbocycles. The molecule has 0 radical (unpaired) electrons. The predicted octanol–water partition coefficient (Wildman–Crippen LogP) is 5.43. The van der Waals surface area contributed by atoms with Gasteiger partial charge in [-0.15, -0.1) is 0 Å². The van der Waals surface area contributed by atoms with Crippen LogP contribution in [-0.4, -0.2) is 5.91 Å². The molecule has 0 saturated heterocycles. The number of anilines is 1. The molecule has 0 spiro atoms. The lowest BCUT2D eigenvalue weighted by molar-refractivity contribution is 0.102. The highest BCUT2D eigenvalue weighted by molar-refractivity contribution is 9.10. The molecule has 0 unspecified atom stereocenters. The molecule has 98 valence electrons. The van der Waals surface area contributed by atoms with Crippen LogP contribution in [0.4, 0.5) is 5.69 Å². The maximum Gasteiger partial charge on any atom is 0.256 e. The summed E-state index contributed by atoms with van der Waals surface area (Å²) < 4.78 is 1.72. The van der Waals surface area contributed by atoms with Gasteiger partial charge in [-0.3, -0.25) is 4.79 Å². The smallest absolute Gasteiger partial charge is 0.256 e. The van der Waals surface area contributed by atoms with Crippen molar-refractivity contribution in [3.05, 3.63) is 61.5 Å². The molecule has 0 aliphatic carbocycles. The third-order valence-corrected chi connectivity index (χ3v) is 3.94. The lowest BCUT2D eigenvalue weighted by Gasteiger charge is -2.10. The SMILES string of the molecule is Cc1ccc(Br)cc1C(=O)Nc1cc(Br)ccc1Cl. The number of hydrogen-bond acceptors (Lipinski definition) is 1. The molecule has 19 heavy (non-hydrogen) atoms. The summed E-state index contributed by atoms with van der Waals surface area (Å²) in [5.41, 5.74) is 2.11. The number of carbonyl (C=O) groups excluding carboxylic acids is 1. The number of nitrogens with one attached hydrogen (secondary N) is 1. The minimum Gasteiger partial charge on any atom is -0.321 e. The molecular formula is C14H10Br2ClNO. The van der Waals surface area contributed by atoms with Crippen LogP contribution in [0.5, 0.6) is 0 Å². The van der Waals surface area contributed by atoms with E-state index < -0.39 is 0 Å². The predicted molar refractivity (Wildman–Crippen MR) is 86.0 cm³/mol. The lowest BCUT2D eigenvalue weighted by atomic mass is 10.1. The summed E-state index contributed by atoms with van der Waals surface area (Å²) in [5.74, 6) is -0.182. The zero-order chi connectivity index (χ0) is 14.0. The van der Waals surface area contributed by atoms with E-state index in [2.05, 4.69) is 37.2 Å².